The van der Waals surface area contributed by atoms with E-state index in [9.17, 15) is 18.0 Å². The normalized spacial score (nSPS) is 20.8. The van der Waals surface area contributed by atoms with E-state index in [1.54, 1.807) is 0 Å². The smallest absolute Gasteiger partial charge is 0.475 e. The van der Waals surface area contributed by atoms with E-state index >= 15 is 0 Å². The fraction of sp³-hybridized carbons (Fsp3) is 0.680. The van der Waals surface area contributed by atoms with Crippen molar-refractivity contribution >= 4 is 17.5 Å². The van der Waals surface area contributed by atoms with Crippen molar-refractivity contribution < 1.29 is 27.9 Å². The van der Waals surface area contributed by atoms with Gasteiger partial charge in [-0.3, -0.25) is 14.1 Å². The minimum absolute atomic E-state index is 0.0393. The van der Waals surface area contributed by atoms with E-state index in [0.29, 0.717) is 12.5 Å². The molecule has 2 fully saturated rings. The number of carbonyl (C=O) groups is 2. The number of nitrogens with zero attached hydrogens (tertiary/aromatic N) is 4. The number of rotatable bonds is 4. The minimum atomic E-state index is -5.08. The Morgan fingerprint density at radius 1 is 1.14 bits per heavy atom. The van der Waals surface area contributed by atoms with Crippen LogP contribution in [0.4, 0.5) is 13.2 Å². The molecule has 12 heteroatoms. The van der Waals surface area contributed by atoms with Crippen molar-refractivity contribution in [1.29, 1.82) is 0 Å². The minimum Gasteiger partial charge on any atom is -0.475 e. The van der Waals surface area contributed by atoms with E-state index in [4.69, 9.17) is 9.90 Å². The van der Waals surface area contributed by atoms with Gasteiger partial charge in [-0.15, -0.1) is 10.2 Å². The number of amides is 1. The van der Waals surface area contributed by atoms with E-state index < -0.39 is 12.1 Å². The van der Waals surface area contributed by atoms with Gasteiger partial charge < -0.3 is 15.7 Å². The molecule has 4 rings (SSSR count). The SMILES string of the molecule is Cc1ccn2c(C3CCN(CC(=O)NC4CC(C)(C)NC(C)(C)C4)CC3)nnc2c1.O=C(O)C(F)(F)F. The second-order valence-corrected chi connectivity index (χ2v) is 11.4. The number of hydrogen-bond acceptors (Lipinski definition) is 6. The molecule has 0 atom stereocenters. The van der Waals surface area contributed by atoms with Gasteiger partial charge in [0.2, 0.25) is 5.91 Å². The molecule has 0 aromatic carbocycles. The van der Waals surface area contributed by atoms with Crippen molar-refractivity contribution in [3.63, 3.8) is 0 Å². The van der Waals surface area contributed by atoms with Crippen LogP contribution < -0.4 is 10.6 Å². The van der Waals surface area contributed by atoms with Crippen LogP contribution >= 0.6 is 0 Å². The molecule has 206 valence electrons. The fourth-order valence-corrected chi connectivity index (χ4v) is 5.54. The molecule has 2 saturated heterocycles. The third-order valence-electron chi connectivity index (χ3n) is 6.71. The first-order chi connectivity index (χ1) is 17.0. The van der Waals surface area contributed by atoms with Crippen LogP contribution in [0.5, 0.6) is 0 Å². The topological polar surface area (TPSA) is 112 Å². The number of hydrogen-bond donors (Lipinski definition) is 3. The third-order valence-corrected chi connectivity index (χ3v) is 6.71. The molecule has 3 N–H and O–H groups in total. The molecular weight excluding hydrogens is 489 g/mol. The third kappa shape index (κ3) is 8.13. The predicted octanol–water partition coefficient (Wildman–Crippen LogP) is 3.28. The molecule has 0 spiro atoms. The average molecular weight is 527 g/mol. The summed E-state index contributed by atoms with van der Waals surface area (Å²) in [5.74, 6) is -1.16. The van der Waals surface area contributed by atoms with E-state index in [-0.39, 0.29) is 23.0 Å². The molecule has 4 heterocycles. The molecule has 2 aromatic heterocycles. The van der Waals surface area contributed by atoms with Crippen LogP contribution in [0.1, 0.15) is 70.7 Å². The quantitative estimate of drug-likeness (QED) is 0.561. The van der Waals surface area contributed by atoms with Crippen LogP contribution in [0, 0.1) is 6.92 Å². The molecule has 0 bridgehead atoms. The van der Waals surface area contributed by atoms with Gasteiger partial charge in [0, 0.05) is 29.2 Å². The summed E-state index contributed by atoms with van der Waals surface area (Å²) in [5, 5.41) is 22.9. The van der Waals surface area contributed by atoms with Gasteiger partial charge in [0.05, 0.1) is 6.54 Å². The highest BCUT2D eigenvalue weighted by atomic mass is 19.4. The van der Waals surface area contributed by atoms with Crippen molar-refractivity contribution in [2.75, 3.05) is 19.6 Å². The second kappa shape index (κ2) is 10.9. The number of aryl methyl sites for hydroxylation is 1. The summed E-state index contributed by atoms with van der Waals surface area (Å²) in [7, 11) is 0. The number of aromatic nitrogens is 3. The Kier molecular flexibility index (Phi) is 8.53. The lowest BCUT2D eigenvalue weighted by molar-refractivity contribution is -0.192. The van der Waals surface area contributed by atoms with Gasteiger partial charge in [0.25, 0.3) is 0 Å². The number of alkyl halides is 3. The summed E-state index contributed by atoms with van der Waals surface area (Å²) in [6.45, 7) is 13.3. The first-order valence-electron chi connectivity index (χ1n) is 12.5. The summed E-state index contributed by atoms with van der Waals surface area (Å²) in [6.07, 6.45) is 0.930. The van der Waals surface area contributed by atoms with Crippen molar-refractivity contribution in [2.45, 2.75) is 89.5 Å². The zero-order chi connectivity index (χ0) is 27.6. The molecule has 1 amide bonds. The Hall–Kier alpha value is -2.73. The first kappa shape index (κ1) is 28.8. The van der Waals surface area contributed by atoms with Crippen molar-refractivity contribution in [3.05, 3.63) is 29.7 Å². The van der Waals surface area contributed by atoms with Crippen molar-refractivity contribution in [3.8, 4) is 0 Å². The Labute approximate surface area is 214 Å². The molecule has 0 unspecified atom stereocenters. The number of pyridine rings is 1. The highest BCUT2D eigenvalue weighted by Crippen LogP contribution is 2.29. The fourth-order valence-electron chi connectivity index (χ4n) is 5.54. The number of carbonyl (C=O) groups excluding carboxylic acids is 1. The van der Waals surface area contributed by atoms with E-state index in [0.717, 1.165) is 50.2 Å². The summed E-state index contributed by atoms with van der Waals surface area (Å²) in [6, 6.07) is 4.40. The van der Waals surface area contributed by atoms with Crippen LogP contribution in [-0.4, -0.2) is 79.4 Å². The molecular formula is C25H37F3N6O3. The predicted molar refractivity (Wildman–Crippen MR) is 132 cm³/mol. The maximum absolute atomic E-state index is 12.7. The molecule has 37 heavy (non-hydrogen) atoms. The highest BCUT2D eigenvalue weighted by molar-refractivity contribution is 5.78. The Morgan fingerprint density at radius 3 is 2.24 bits per heavy atom. The molecule has 0 radical (unpaired) electrons. The van der Waals surface area contributed by atoms with Crippen LogP contribution in [0.3, 0.4) is 0 Å². The number of carboxylic acid groups (broad SMARTS) is 1. The van der Waals surface area contributed by atoms with E-state index in [2.05, 4.69) is 83.1 Å². The maximum atomic E-state index is 12.7. The van der Waals surface area contributed by atoms with E-state index in [1.807, 2.05) is 0 Å². The van der Waals surface area contributed by atoms with Gasteiger partial charge in [-0.05, 0) is 91.1 Å². The number of carboxylic acids is 1. The van der Waals surface area contributed by atoms with Gasteiger partial charge >= 0.3 is 12.1 Å². The van der Waals surface area contributed by atoms with Gasteiger partial charge in [0.15, 0.2) is 5.65 Å². The Morgan fingerprint density at radius 2 is 1.70 bits per heavy atom. The Bertz CT molecular complexity index is 1090. The van der Waals surface area contributed by atoms with Crippen LogP contribution in [0.2, 0.25) is 0 Å². The van der Waals surface area contributed by atoms with Gasteiger partial charge in [0.1, 0.15) is 5.82 Å². The lowest BCUT2D eigenvalue weighted by atomic mass is 9.79. The van der Waals surface area contributed by atoms with Crippen molar-refractivity contribution in [1.82, 2.24) is 30.1 Å². The zero-order valence-electron chi connectivity index (χ0n) is 22.0. The molecule has 0 aliphatic carbocycles. The first-order valence-corrected chi connectivity index (χ1v) is 12.5. The number of piperidine rings is 2. The van der Waals surface area contributed by atoms with E-state index in [1.165, 1.54) is 5.56 Å². The standard InChI is InChI=1S/C23H36N6O.C2HF3O2/c1-16-6-11-29-19(12-16)25-26-21(29)17-7-9-28(10-8-17)15-20(30)24-18-13-22(2,3)27-23(4,5)14-18;3-2(4,5)1(6)7/h6,11-12,17-18,27H,7-10,13-15H2,1-5H3,(H,24,30);(H,6,7). The largest absolute Gasteiger partial charge is 0.490 e. The van der Waals surface area contributed by atoms with Gasteiger partial charge in [-0.2, -0.15) is 13.2 Å². The number of nitrogens with one attached hydrogen (secondary N) is 2. The molecule has 2 aliphatic heterocycles. The summed E-state index contributed by atoms with van der Waals surface area (Å²) in [5.41, 5.74) is 2.19. The molecule has 0 saturated carbocycles. The van der Waals surface area contributed by atoms with Crippen LogP contribution in [0.15, 0.2) is 18.3 Å². The summed E-state index contributed by atoms with van der Waals surface area (Å²) >= 11 is 0. The van der Waals surface area contributed by atoms with Crippen LogP contribution in [-0.2, 0) is 9.59 Å². The highest BCUT2D eigenvalue weighted by Gasteiger charge is 2.39. The number of halogens is 3. The van der Waals surface area contributed by atoms with Gasteiger partial charge in [-0.25, -0.2) is 4.79 Å². The maximum Gasteiger partial charge on any atom is 0.490 e. The summed E-state index contributed by atoms with van der Waals surface area (Å²) < 4.78 is 33.8. The lowest BCUT2D eigenvalue weighted by Gasteiger charge is -2.46. The number of likely N-dealkylation sites (tertiary alicyclic amines) is 1. The summed E-state index contributed by atoms with van der Waals surface area (Å²) in [4.78, 5) is 23.9. The van der Waals surface area contributed by atoms with Gasteiger partial charge in [-0.1, -0.05) is 0 Å². The lowest BCUT2D eigenvalue weighted by Crippen LogP contribution is -2.62. The molecule has 2 aromatic rings. The zero-order valence-corrected chi connectivity index (χ0v) is 22.0. The monoisotopic (exact) mass is 526 g/mol. The number of fused-ring (bicyclic) bond motifs is 1. The number of aliphatic carboxylic acids is 1. The molecule has 9 nitrogen and oxygen atoms in total. The van der Waals surface area contributed by atoms with Crippen LogP contribution in [0.25, 0.3) is 5.65 Å². The van der Waals surface area contributed by atoms with Crippen molar-refractivity contribution in [2.24, 2.45) is 0 Å². The molecule has 2 aliphatic rings. The average Bonchev–Trinajstić information content (AvgIpc) is 3.14. The Balaban J connectivity index is 0.000000479. The second-order valence-electron chi connectivity index (χ2n) is 11.4.